The lowest BCUT2D eigenvalue weighted by atomic mass is 9.79. The van der Waals surface area contributed by atoms with Crippen LogP contribution in [0.25, 0.3) is 0 Å². The van der Waals surface area contributed by atoms with E-state index in [1.165, 1.54) is 22.3 Å². The van der Waals surface area contributed by atoms with Crippen molar-refractivity contribution in [3.63, 3.8) is 0 Å². The van der Waals surface area contributed by atoms with Crippen LogP contribution in [0.15, 0.2) is 48.5 Å². The number of ether oxygens (including phenoxy) is 4. The minimum Gasteiger partial charge on any atom is -0.493 e. The highest BCUT2D eigenvalue weighted by Gasteiger charge is 2.29. The number of rotatable bonds is 16. The molecule has 4 aromatic rings. The molecule has 1 aliphatic rings. The summed E-state index contributed by atoms with van der Waals surface area (Å²) in [5, 5.41) is 19.1. The Morgan fingerprint density at radius 1 is 0.379 bits per heavy atom. The van der Waals surface area contributed by atoms with E-state index in [-0.39, 0.29) is 21.7 Å². The van der Waals surface area contributed by atoms with Gasteiger partial charge in [0.15, 0.2) is 0 Å². The second-order valence-corrected chi connectivity index (χ2v) is 22.4. The molecule has 1 aliphatic carbocycles. The van der Waals surface area contributed by atoms with Crippen molar-refractivity contribution in [3.8, 4) is 35.1 Å². The van der Waals surface area contributed by atoms with Crippen LogP contribution >= 0.6 is 0 Å². The zero-order valence-corrected chi connectivity index (χ0v) is 42.6. The summed E-state index contributed by atoms with van der Waals surface area (Å²) in [5.41, 5.74) is 25.1. The average molecular weight is 897 g/mol. The molecule has 0 saturated heterocycles. The van der Waals surface area contributed by atoms with E-state index >= 15 is 0 Å². The van der Waals surface area contributed by atoms with Gasteiger partial charge in [0.05, 0.1) is 38.6 Å². The highest BCUT2D eigenvalue weighted by atomic mass is 16.5. The van der Waals surface area contributed by atoms with Gasteiger partial charge in [0.1, 0.15) is 23.0 Å². The molecule has 356 valence electrons. The third kappa shape index (κ3) is 13.5. The number of fused-ring (bicyclic) bond motifs is 8. The highest BCUT2D eigenvalue weighted by Crippen LogP contribution is 2.44. The van der Waals surface area contributed by atoms with Crippen molar-refractivity contribution in [3.05, 3.63) is 115 Å². The third-order valence-corrected chi connectivity index (χ3v) is 12.5. The van der Waals surface area contributed by atoms with E-state index in [0.717, 1.165) is 80.3 Å². The molecule has 0 unspecified atom stereocenters. The predicted molar refractivity (Wildman–Crippen MR) is 271 cm³/mol. The molecule has 8 heteroatoms. The monoisotopic (exact) mass is 897 g/mol. The van der Waals surface area contributed by atoms with Gasteiger partial charge in [-0.3, -0.25) is 0 Å². The van der Waals surface area contributed by atoms with Crippen LogP contribution < -0.4 is 30.4 Å². The number of unbranched alkanes of at least 4 members (excludes halogenated alkanes) is 2. The second kappa shape index (κ2) is 22.2. The lowest BCUT2D eigenvalue weighted by Gasteiger charge is -2.29. The van der Waals surface area contributed by atoms with Gasteiger partial charge in [0.2, 0.25) is 0 Å². The van der Waals surface area contributed by atoms with E-state index in [0.29, 0.717) is 90.9 Å². The predicted octanol–water partition coefficient (Wildman–Crippen LogP) is 12.4. The number of nitrogens with zero attached hydrogens (tertiary/aromatic N) is 2. The number of hydrogen-bond donors (Lipinski definition) is 2. The van der Waals surface area contributed by atoms with Crippen LogP contribution in [0.1, 0.15) is 188 Å². The van der Waals surface area contributed by atoms with Crippen molar-refractivity contribution >= 4 is 0 Å². The fourth-order valence-electron chi connectivity index (χ4n) is 8.53. The van der Waals surface area contributed by atoms with Crippen molar-refractivity contribution in [1.29, 1.82) is 10.5 Å². The average Bonchev–Trinajstić information content (AvgIpc) is 3.22. The number of nitriles is 2. The Morgan fingerprint density at radius 3 is 0.742 bits per heavy atom. The van der Waals surface area contributed by atoms with Gasteiger partial charge < -0.3 is 30.4 Å². The smallest absolute Gasteiger partial charge is 0.126 e. The zero-order valence-electron chi connectivity index (χ0n) is 42.6. The molecule has 4 N–H and O–H groups in total. The molecule has 8 bridgehead atoms. The van der Waals surface area contributed by atoms with Gasteiger partial charge in [-0.05, 0) is 127 Å². The molecule has 0 amide bonds. The topological polar surface area (TPSA) is 137 Å². The molecular formula is C58H80N4O4. The van der Waals surface area contributed by atoms with Crippen LogP contribution in [0, 0.1) is 22.7 Å². The molecule has 0 spiro atoms. The van der Waals surface area contributed by atoms with Crippen molar-refractivity contribution in [2.75, 3.05) is 39.5 Å². The Hall–Kier alpha value is -5.02. The molecule has 0 radical (unpaired) electrons. The lowest BCUT2D eigenvalue weighted by molar-refractivity contribution is 0.300. The normalized spacial score (nSPS) is 13.2. The first kappa shape index (κ1) is 52.0. The lowest BCUT2D eigenvalue weighted by Crippen LogP contribution is -2.18. The number of nitrogens with two attached hydrogens (primary N) is 2. The fourth-order valence-corrected chi connectivity index (χ4v) is 8.53. The summed E-state index contributed by atoms with van der Waals surface area (Å²) in [7, 11) is 0. The molecule has 5 rings (SSSR count). The Labute approximate surface area is 398 Å². The summed E-state index contributed by atoms with van der Waals surface area (Å²) in [6.45, 7) is 30.1. The van der Waals surface area contributed by atoms with Crippen LogP contribution in [0.2, 0.25) is 0 Å². The zero-order chi connectivity index (χ0) is 48.5. The molecule has 0 aliphatic heterocycles. The van der Waals surface area contributed by atoms with E-state index in [4.69, 9.17) is 30.4 Å². The summed E-state index contributed by atoms with van der Waals surface area (Å²) in [4.78, 5) is 0. The van der Waals surface area contributed by atoms with E-state index in [2.05, 4.69) is 144 Å². The molecule has 0 heterocycles. The van der Waals surface area contributed by atoms with Crippen LogP contribution in [0.5, 0.6) is 23.0 Å². The maximum atomic E-state index is 9.55. The SMILES string of the molecule is CC(C)(C)c1cc2c(OCCCN)c(c1)Cc1cc(C(C)(C)C)cc(c1OCCCC#N)Cc1cc(C(C)(C)C)cc(c1OCCCN)Cc1cc(C(C)(C)C)cc(c1OCCCC#N)C2. The molecule has 0 aromatic heterocycles. The maximum Gasteiger partial charge on any atom is 0.126 e. The van der Waals surface area contributed by atoms with Crippen molar-refractivity contribution < 1.29 is 18.9 Å². The fraction of sp³-hybridized carbons (Fsp3) is 0.552. The first-order valence-electron chi connectivity index (χ1n) is 24.4. The number of benzene rings is 4. The molecule has 0 saturated carbocycles. The maximum absolute atomic E-state index is 9.55. The van der Waals surface area contributed by atoms with E-state index in [1.807, 2.05) is 0 Å². The molecule has 66 heavy (non-hydrogen) atoms. The second-order valence-electron chi connectivity index (χ2n) is 22.4. The first-order chi connectivity index (χ1) is 31.1. The summed E-state index contributed by atoms with van der Waals surface area (Å²) in [5.74, 6) is 3.45. The van der Waals surface area contributed by atoms with Crippen LogP contribution in [-0.2, 0) is 47.3 Å². The third-order valence-electron chi connectivity index (χ3n) is 12.5. The Bertz CT molecular complexity index is 2110. The van der Waals surface area contributed by atoms with E-state index in [1.54, 1.807) is 0 Å². The summed E-state index contributed by atoms with van der Waals surface area (Å²) in [6, 6.07) is 23.3. The summed E-state index contributed by atoms with van der Waals surface area (Å²) < 4.78 is 27.8. The quantitative estimate of drug-likeness (QED) is 0.0934. The Balaban J connectivity index is 2.00. The molecule has 0 fully saturated rings. The molecule has 0 atom stereocenters. The van der Waals surface area contributed by atoms with Crippen molar-refractivity contribution in [2.24, 2.45) is 11.5 Å². The Morgan fingerprint density at radius 2 is 0.576 bits per heavy atom. The van der Waals surface area contributed by atoms with Crippen LogP contribution in [0.3, 0.4) is 0 Å². The Kier molecular flexibility index (Phi) is 17.5. The molecular weight excluding hydrogens is 817 g/mol. The summed E-state index contributed by atoms with van der Waals surface area (Å²) >= 11 is 0. The van der Waals surface area contributed by atoms with E-state index < -0.39 is 0 Å². The molecule has 8 nitrogen and oxygen atoms in total. The van der Waals surface area contributed by atoms with Gasteiger partial charge in [-0.2, -0.15) is 10.5 Å². The van der Waals surface area contributed by atoms with Gasteiger partial charge in [-0.25, -0.2) is 0 Å². The first-order valence-corrected chi connectivity index (χ1v) is 24.4. The van der Waals surface area contributed by atoms with Gasteiger partial charge in [-0.15, -0.1) is 0 Å². The van der Waals surface area contributed by atoms with E-state index in [9.17, 15) is 10.5 Å². The standard InChI is InChI=1S/C58H80N4O4/c1-55(2,3)47-31-39-27-43-35-49(57(7,8)9)37-45(53(43)65-25-17-21-61)29-41-33-48(56(4,5)6)34-42(52(41)64-24-16-14-20-60)30-46-38-50(58(10,11)12)36-44(54(46)66-26-18-22-62)28-40(32-47)51(39)63-23-15-13-19-59/h31-38H,13-18,21-30,61-62H2,1-12H3. The van der Waals surface area contributed by atoms with Crippen molar-refractivity contribution in [2.45, 2.75) is 169 Å². The van der Waals surface area contributed by atoms with Gasteiger partial charge >= 0.3 is 0 Å². The van der Waals surface area contributed by atoms with Crippen LogP contribution in [0.4, 0.5) is 0 Å². The minimum atomic E-state index is -0.169. The summed E-state index contributed by atoms with van der Waals surface area (Å²) in [6.07, 6.45) is 5.79. The van der Waals surface area contributed by atoms with Gasteiger partial charge in [0, 0.05) is 38.5 Å². The minimum absolute atomic E-state index is 0.168. The van der Waals surface area contributed by atoms with Crippen LogP contribution in [-0.4, -0.2) is 39.5 Å². The largest absolute Gasteiger partial charge is 0.493 e. The van der Waals surface area contributed by atoms with Gasteiger partial charge in [0.25, 0.3) is 0 Å². The van der Waals surface area contributed by atoms with Crippen molar-refractivity contribution in [1.82, 2.24) is 0 Å². The number of hydrogen-bond acceptors (Lipinski definition) is 8. The van der Waals surface area contributed by atoms with Gasteiger partial charge in [-0.1, -0.05) is 132 Å². The highest BCUT2D eigenvalue weighted by molar-refractivity contribution is 5.60. The molecule has 4 aromatic carbocycles.